The lowest BCUT2D eigenvalue weighted by Crippen LogP contribution is -2.40. The summed E-state index contributed by atoms with van der Waals surface area (Å²) in [6.07, 6.45) is 3.35. The average Bonchev–Trinajstić information content (AvgIpc) is 3.03. The van der Waals surface area contributed by atoms with Gasteiger partial charge in [0.25, 0.3) is 5.91 Å². The van der Waals surface area contributed by atoms with Crippen molar-refractivity contribution in [2.75, 3.05) is 5.32 Å². The van der Waals surface area contributed by atoms with E-state index in [0.717, 1.165) is 0 Å². The van der Waals surface area contributed by atoms with Crippen LogP contribution in [0.2, 0.25) is 5.02 Å². The van der Waals surface area contributed by atoms with Crippen molar-refractivity contribution >= 4 is 29.0 Å². The summed E-state index contributed by atoms with van der Waals surface area (Å²) in [6, 6.07) is 9.98. The Labute approximate surface area is 137 Å². The van der Waals surface area contributed by atoms with E-state index in [-0.39, 0.29) is 6.42 Å². The van der Waals surface area contributed by atoms with Gasteiger partial charge in [0.05, 0.1) is 6.20 Å². The predicted molar refractivity (Wildman–Crippen MR) is 87.3 cm³/mol. The van der Waals surface area contributed by atoms with Gasteiger partial charge >= 0.3 is 0 Å². The van der Waals surface area contributed by atoms with Crippen LogP contribution < -0.4 is 5.32 Å². The third-order valence-electron chi connectivity index (χ3n) is 3.72. The molecule has 0 aliphatic heterocycles. The summed E-state index contributed by atoms with van der Waals surface area (Å²) >= 11 is 5.97. The molecule has 0 aliphatic rings. The molecule has 1 aromatic carbocycles. The van der Waals surface area contributed by atoms with Crippen molar-refractivity contribution in [2.45, 2.75) is 18.9 Å². The fraction of sp³-hybridized carbons (Fsp3) is 0.188. The van der Waals surface area contributed by atoms with Crippen LogP contribution in [0.5, 0.6) is 0 Å². The Bertz CT molecular complexity index is 864. The molecule has 0 spiro atoms. The Balaban J connectivity index is 1.96. The molecule has 3 aromatic rings. The van der Waals surface area contributed by atoms with Crippen LogP contribution in [-0.4, -0.2) is 25.6 Å². The summed E-state index contributed by atoms with van der Waals surface area (Å²) in [5.74, 6) is -0.121. The van der Waals surface area contributed by atoms with E-state index in [2.05, 4.69) is 15.4 Å². The van der Waals surface area contributed by atoms with Crippen molar-refractivity contribution in [3.8, 4) is 0 Å². The highest BCUT2D eigenvalue weighted by Crippen LogP contribution is 2.28. The molecule has 1 amide bonds. The number of nitrogens with zero attached hydrogens (tertiary/aromatic N) is 3. The largest absolute Gasteiger partial charge is 0.375 e. The van der Waals surface area contributed by atoms with Crippen LogP contribution in [0.4, 0.5) is 5.82 Å². The van der Waals surface area contributed by atoms with Crippen molar-refractivity contribution < 1.29 is 9.90 Å². The summed E-state index contributed by atoms with van der Waals surface area (Å²) in [4.78, 5) is 16.8. The number of anilines is 1. The lowest BCUT2D eigenvalue weighted by atomic mass is 9.90. The van der Waals surface area contributed by atoms with E-state index >= 15 is 0 Å². The summed E-state index contributed by atoms with van der Waals surface area (Å²) in [5.41, 5.74) is -0.644. The number of benzene rings is 1. The van der Waals surface area contributed by atoms with Crippen LogP contribution in [0, 0.1) is 0 Å². The molecule has 0 aliphatic carbocycles. The topological polar surface area (TPSA) is 79.5 Å². The highest BCUT2D eigenvalue weighted by molar-refractivity contribution is 6.30. The van der Waals surface area contributed by atoms with Crippen LogP contribution >= 0.6 is 11.6 Å². The van der Waals surface area contributed by atoms with E-state index < -0.39 is 11.5 Å². The number of carbonyl (C=O) groups excluding carboxylic acids is 1. The Morgan fingerprint density at radius 3 is 2.91 bits per heavy atom. The van der Waals surface area contributed by atoms with Gasteiger partial charge in [-0.15, -0.1) is 0 Å². The number of carbonyl (C=O) groups is 1. The fourth-order valence-electron chi connectivity index (χ4n) is 2.39. The van der Waals surface area contributed by atoms with Crippen molar-refractivity contribution in [1.82, 2.24) is 14.6 Å². The molecule has 2 heterocycles. The van der Waals surface area contributed by atoms with Gasteiger partial charge < -0.3 is 10.4 Å². The number of rotatable bonds is 4. The van der Waals surface area contributed by atoms with Crippen molar-refractivity contribution in [3.05, 3.63) is 59.4 Å². The van der Waals surface area contributed by atoms with Crippen LogP contribution in [0.25, 0.3) is 5.65 Å². The van der Waals surface area contributed by atoms with Gasteiger partial charge in [-0.1, -0.05) is 30.7 Å². The van der Waals surface area contributed by atoms with E-state index in [9.17, 15) is 9.90 Å². The smallest absolute Gasteiger partial charge is 0.262 e. The molecule has 3 rings (SSSR count). The van der Waals surface area contributed by atoms with Crippen LogP contribution in [0.15, 0.2) is 48.8 Å². The van der Waals surface area contributed by atoms with Gasteiger partial charge in [0, 0.05) is 17.3 Å². The Kier molecular flexibility index (Phi) is 4.02. The lowest BCUT2D eigenvalue weighted by Gasteiger charge is -2.26. The molecule has 2 aromatic heterocycles. The highest BCUT2D eigenvalue weighted by atomic mass is 35.5. The molecule has 0 fully saturated rings. The lowest BCUT2D eigenvalue weighted by molar-refractivity contribution is -0.135. The zero-order chi connectivity index (χ0) is 16.4. The number of aromatic nitrogens is 3. The van der Waals surface area contributed by atoms with E-state index in [4.69, 9.17) is 11.6 Å². The highest BCUT2D eigenvalue weighted by Gasteiger charge is 2.36. The first-order valence-electron chi connectivity index (χ1n) is 7.13. The number of aliphatic hydroxyl groups is 1. The van der Waals surface area contributed by atoms with Crippen LogP contribution in [0.3, 0.4) is 0 Å². The summed E-state index contributed by atoms with van der Waals surface area (Å²) in [6.45, 7) is 1.73. The molecule has 118 valence electrons. The first kappa shape index (κ1) is 15.5. The molecule has 2 N–H and O–H groups in total. The van der Waals surface area contributed by atoms with E-state index in [1.165, 1.54) is 4.52 Å². The maximum atomic E-state index is 12.7. The van der Waals surface area contributed by atoms with Gasteiger partial charge in [-0.2, -0.15) is 9.61 Å². The molecule has 6 nitrogen and oxygen atoms in total. The first-order chi connectivity index (χ1) is 11.0. The van der Waals surface area contributed by atoms with E-state index in [1.54, 1.807) is 55.7 Å². The standard InChI is InChI=1S/C16H15ClN4O2/c1-2-16(23,11-4-3-5-12(17)10-11)15(22)20-14-6-8-18-13-7-9-19-21(13)14/h3-10,23H,2H2,1H3,(H,20,22). The predicted octanol–water partition coefficient (Wildman–Crippen LogP) is 2.62. The van der Waals surface area contributed by atoms with E-state index in [1.807, 2.05) is 0 Å². The average molecular weight is 331 g/mol. The second-order valence-electron chi connectivity index (χ2n) is 5.11. The molecule has 0 bridgehead atoms. The number of amides is 1. The monoisotopic (exact) mass is 330 g/mol. The second kappa shape index (κ2) is 5.98. The normalized spacial score (nSPS) is 13.7. The van der Waals surface area contributed by atoms with Gasteiger partial charge in [0.1, 0.15) is 5.82 Å². The Morgan fingerprint density at radius 1 is 1.35 bits per heavy atom. The molecule has 0 saturated heterocycles. The molecular formula is C16H15ClN4O2. The van der Waals surface area contributed by atoms with Gasteiger partial charge in [-0.05, 0) is 30.2 Å². The second-order valence-corrected chi connectivity index (χ2v) is 5.55. The minimum absolute atomic E-state index is 0.201. The number of hydrogen-bond acceptors (Lipinski definition) is 4. The van der Waals surface area contributed by atoms with Gasteiger partial charge in [-0.25, -0.2) is 4.98 Å². The number of hydrogen-bond donors (Lipinski definition) is 2. The molecule has 1 atom stereocenters. The molecular weight excluding hydrogens is 316 g/mol. The number of fused-ring (bicyclic) bond motifs is 1. The minimum Gasteiger partial charge on any atom is -0.375 e. The molecule has 23 heavy (non-hydrogen) atoms. The van der Waals surface area contributed by atoms with Crippen molar-refractivity contribution in [1.29, 1.82) is 0 Å². The van der Waals surface area contributed by atoms with Crippen molar-refractivity contribution in [3.63, 3.8) is 0 Å². The first-order valence-corrected chi connectivity index (χ1v) is 7.51. The third-order valence-corrected chi connectivity index (χ3v) is 3.96. The SMILES string of the molecule is CCC(O)(C(=O)Nc1ccnc2ccnn12)c1cccc(Cl)c1. The summed E-state index contributed by atoms with van der Waals surface area (Å²) in [7, 11) is 0. The van der Waals surface area contributed by atoms with Gasteiger partial charge in [0.2, 0.25) is 0 Å². The van der Waals surface area contributed by atoms with Crippen molar-refractivity contribution in [2.24, 2.45) is 0 Å². The van der Waals surface area contributed by atoms with Crippen LogP contribution in [-0.2, 0) is 10.4 Å². The molecule has 1 unspecified atom stereocenters. The molecule has 7 heteroatoms. The minimum atomic E-state index is -1.69. The maximum Gasteiger partial charge on any atom is 0.262 e. The number of nitrogens with one attached hydrogen (secondary N) is 1. The van der Waals surface area contributed by atoms with Crippen LogP contribution in [0.1, 0.15) is 18.9 Å². The van der Waals surface area contributed by atoms with Gasteiger partial charge in [0.15, 0.2) is 11.2 Å². The maximum absolute atomic E-state index is 12.7. The molecule has 0 radical (unpaired) electrons. The zero-order valence-electron chi connectivity index (χ0n) is 12.4. The third kappa shape index (κ3) is 2.78. The van der Waals surface area contributed by atoms with E-state index in [0.29, 0.717) is 22.1 Å². The molecule has 0 saturated carbocycles. The zero-order valence-corrected chi connectivity index (χ0v) is 13.2. The Hall–Kier alpha value is -2.44. The number of halogens is 1. The fourth-order valence-corrected chi connectivity index (χ4v) is 2.58. The summed E-state index contributed by atoms with van der Waals surface area (Å²) in [5, 5.41) is 18.1. The van der Waals surface area contributed by atoms with Gasteiger partial charge in [-0.3, -0.25) is 4.79 Å². The Morgan fingerprint density at radius 2 is 2.17 bits per heavy atom. The quantitative estimate of drug-likeness (QED) is 0.770. The summed E-state index contributed by atoms with van der Waals surface area (Å²) < 4.78 is 1.49.